The minimum Gasteiger partial charge on any atom is -0.487 e. The third-order valence-corrected chi connectivity index (χ3v) is 3.45. The Morgan fingerprint density at radius 3 is 3.10 bits per heavy atom. The zero-order chi connectivity index (χ0) is 13.4. The van der Waals surface area contributed by atoms with Gasteiger partial charge < -0.3 is 19.5 Å². The predicted octanol–water partition coefficient (Wildman–Crippen LogP) is 2.36. The van der Waals surface area contributed by atoms with E-state index in [0.29, 0.717) is 6.61 Å². The van der Waals surface area contributed by atoms with E-state index in [2.05, 4.69) is 16.4 Å². The number of nitrogens with zero attached hydrogens (tertiary/aromatic N) is 1. The van der Waals surface area contributed by atoms with Gasteiger partial charge in [-0.3, -0.25) is 0 Å². The average Bonchev–Trinajstić information content (AvgIpc) is 3.12. The maximum absolute atomic E-state index is 5.75. The van der Waals surface area contributed by atoms with Gasteiger partial charge in [-0.2, -0.15) is 0 Å². The van der Waals surface area contributed by atoms with E-state index in [1.54, 1.807) is 0 Å². The van der Waals surface area contributed by atoms with Crippen LogP contribution in [0.15, 0.2) is 30.3 Å². The summed E-state index contributed by atoms with van der Waals surface area (Å²) in [4.78, 5) is 4.55. The normalized spacial score (nSPS) is 14.8. The number of anilines is 1. The topological polar surface area (TPSA) is 52.6 Å². The number of pyridine rings is 1. The van der Waals surface area contributed by atoms with E-state index in [4.69, 9.17) is 14.2 Å². The minimum atomic E-state index is 0.275. The summed E-state index contributed by atoms with van der Waals surface area (Å²) < 4.78 is 16.3. The van der Waals surface area contributed by atoms with Crippen LogP contribution in [0.3, 0.4) is 0 Å². The molecule has 0 radical (unpaired) electrons. The fourth-order valence-electron chi connectivity index (χ4n) is 2.40. The number of aromatic nitrogens is 1. The molecule has 0 fully saturated rings. The first-order chi connectivity index (χ1) is 9.88. The van der Waals surface area contributed by atoms with Gasteiger partial charge in [-0.05, 0) is 30.2 Å². The van der Waals surface area contributed by atoms with Crippen LogP contribution in [0, 0.1) is 0 Å². The van der Waals surface area contributed by atoms with Gasteiger partial charge in [0.2, 0.25) is 6.79 Å². The summed E-state index contributed by atoms with van der Waals surface area (Å²) in [6, 6.07) is 9.70. The van der Waals surface area contributed by atoms with Crippen LogP contribution in [-0.2, 0) is 13.0 Å². The largest absolute Gasteiger partial charge is 0.487 e. The Morgan fingerprint density at radius 1 is 1.15 bits per heavy atom. The molecule has 2 aromatic rings. The number of nitrogens with one attached hydrogen (secondary N) is 1. The monoisotopic (exact) mass is 270 g/mol. The lowest BCUT2D eigenvalue weighted by atomic mass is 10.2. The lowest BCUT2D eigenvalue weighted by Gasteiger charge is -2.08. The van der Waals surface area contributed by atoms with E-state index >= 15 is 0 Å². The van der Waals surface area contributed by atoms with E-state index in [1.807, 2.05) is 24.3 Å². The van der Waals surface area contributed by atoms with Crippen LogP contribution < -0.4 is 19.5 Å². The summed E-state index contributed by atoms with van der Waals surface area (Å²) in [7, 11) is 0. The first-order valence-corrected chi connectivity index (χ1v) is 6.63. The quantitative estimate of drug-likeness (QED) is 0.928. The number of fused-ring (bicyclic) bond motifs is 2. The van der Waals surface area contributed by atoms with E-state index in [0.717, 1.165) is 41.7 Å². The van der Waals surface area contributed by atoms with Crippen molar-refractivity contribution in [2.75, 3.05) is 18.7 Å². The molecule has 0 aliphatic carbocycles. The summed E-state index contributed by atoms with van der Waals surface area (Å²) in [5.41, 5.74) is 2.19. The Balaban J connectivity index is 1.47. The highest BCUT2D eigenvalue weighted by Gasteiger charge is 2.14. The Kier molecular flexibility index (Phi) is 2.62. The Labute approximate surface area is 116 Å². The highest BCUT2D eigenvalue weighted by Crippen LogP contribution is 2.35. The van der Waals surface area contributed by atoms with Crippen molar-refractivity contribution in [3.05, 3.63) is 41.6 Å². The first-order valence-electron chi connectivity index (χ1n) is 6.63. The van der Waals surface area contributed by atoms with Crippen LogP contribution in [0.5, 0.6) is 17.2 Å². The van der Waals surface area contributed by atoms with Crippen LogP contribution >= 0.6 is 0 Å². The minimum absolute atomic E-state index is 0.275. The SMILES string of the molecule is c1cc2c(cc1OCc1ccc3c(n1)NCC3)OCO2. The molecule has 1 aromatic carbocycles. The molecular weight excluding hydrogens is 256 g/mol. The van der Waals surface area contributed by atoms with Gasteiger partial charge in [0.05, 0.1) is 5.69 Å². The summed E-state index contributed by atoms with van der Waals surface area (Å²) in [5, 5.41) is 3.27. The van der Waals surface area contributed by atoms with Crippen molar-refractivity contribution in [2.24, 2.45) is 0 Å². The van der Waals surface area contributed by atoms with Crippen molar-refractivity contribution in [3.63, 3.8) is 0 Å². The molecule has 0 saturated heterocycles. The Hall–Kier alpha value is -2.43. The molecule has 0 atom stereocenters. The highest BCUT2D eigenvalue weighted by atomic mass is 16.7. The Morgan fingerprint density at radius 2 is 2.10 bits per heavy atom. The number of hydrogen-bond acceptors (Lipinski definition) is 5. The van der Waals surface area contributed by atoms with E-state index in [9.17, 15) is 0 Å². The summed E-state index contributed by atoms with van der Waals surface area (Å²) in [6.45, 7) is 1.68. The first kappa shape index (κ1) is 11.4. The van der Waals surface area contributed by atoms with Crippen molar-refractivity contribution in [1.29, 1.82) is 0 Å². The van der Waals surface area contributed by atoms with Crippen LogP contribution in [0.2, 0.25) is 0 Å². The van der Waals surface area contributed by atoms with E-state index < -0.39 is 0 Å². The summed E-state index contributed by atoms with van der Waals surface area (Å²) >= 11 is 0. The van der Waals surface area contributed by atoms with Gasteiger partial charge in [0.15, 0.2) is 11.5 Å². The average molecular weight is 270 g/mol. The summed E-state index contributed by atoms with van der Waals surface area (Å²) in [5.74, 6) is 3.23. The zero-order valence-corrected chi connectivity index (χ0v) is 10.9. The number of hydrogen-bond donors (Lipinski definition) is 1. The highest BCUT2D eigenvalue weighted by molar-refractivity contribution is 5.49. The molecule has 2 aliphatic rings. The molecule has 0 amide bonds. The fraction of sp³-hybridized carbons (Fsp3) is 0.267. The zero-order valence-electron chi connectivity index (χ0n) is 10.9. The van der Waals surface area contributed by atoms with Crippen molar-refractivity contribution in [1.82, 2.24) is 4.98 Å². The van der Waals surface area contributed by atoms with Crippen molar-refractivity contribution >= 4 is 5.82 Å². The van der Waals surface area contributed by atoms with Gasteiger partial charge >= 0.3 is 0 Å². The molecule has 1 N–H and O–H groups in total. The van der Waals surface area contributed by atoms with Gasteiger partial charge in [0, 0.05) is 12.6 Å². The van der Waals surface area contributed by atoms with Crippen LogP contribution in [0.4, 0.5) is 5.82 Å². The molecule has 0 unspecified atom stereocenters. The lowest BCUT2D eigenvalue weighted by Crippen LogP contribution is -2.00. The van der Waals surface area contributed by atoms with Crippen LogP contribution in [0.1, 0.15) is 11.3 Å². The molecule has 20 heavy (non-hydrogen) atoms. The molecule has 1 aromatic heterocycles. The second-order valence-corrected chi connectivity index (χ2v) is 4.79. The lowest BCUT2D eigenvalue weighted by molar-refractivity contribution is 0.173. The molecule has 0 saturated carbocycles. The van der Waals surface area contributed by atoms with Crippen LogP contribution in [0.25, 0.3) is 0 Å². The molecule has 5 heteroatoms. The molecule has 4 rings (SSSR count). The molecule has 0 spiro atoms. The maximum atomic E-state index is 5.75. The van der Waals surface area contributed by atoms with Crippen LogP contribution in [-0.4, -0.2) is 18.3 Å². The molecule has 5 nitrogen and oxygen atoms in total. The predicted molar refractivity (Wildman–Crippen MR) is 73.3 cm³/mol. The standard InChI is InChI=1S/C15H14N2O3/c1-2-11(17-15-10(1)5-6-16-15)8-18-12-3-4-13-14(7-12)20-9-19-13/h1-4,7H,5-6,8-9H2,(H,16,17). The van der Waals surface area contributed by atoms with Gasteiger partial charge in [-0.25, -0.2) is 4.98 Å². The van der Waals surface area contributed by atoms with Crippen molar-refractivity contribution < 1.29 is 14.2 Å². The van der Waals surface area contributed by atoms with Crippen molar-refractivity contribution in [2.45, 2.75) is 13.0 Å². The molecular formula is C15H14N2O3. The fourth-order valence-corrected chi connectivity index (χ4v) is 2.40. The number of ether oxygens (including phenoxy) is 3. The van der Waals surface area contributed by atoms with Gasteiger partial charge in [-0.15, -0.1) is 0 Å². The summed E-state index contributed by atoms with van der Waals surface area (Å²) in [6.07, 6.45) is 1.05. The van der Waals surface area contributed by atoms with E-state index in [-0.39, 0.29) is 6.79 Å². The third kappa shape index (κ3) is 2.01. The molecule has 2 aliphatic heterocycles. The second kappa shape index (κ2) is 4.59. The molecule has 0 bridgehead atoms. The molecule has 3 heterocycles. The Bertz CT molecular complexity index is 600. The number of rotatable bonds is 3. The third-order valence-electron chi connectivity index (χ3n) is 3.45. The van der Waals surface area contributed by atoms with E-state index in [1.165, 1.54) is 5.56 Å². The van der Waals surface area contributed by atoms with Gasteiger partial charge in [-0.1, -0.05) is 6.07 Å². The second-order valence-electron chi connectivity index (χ2n) is 4.79. The number of benzene rings is 1. The van der Waals surface area contributed by atoms with Gasteiger partial charge in [0.1, 0.15) is 18.2 Å². The van der Waals surface area contributed by atoms with Gasteiger partial charge in [0.25, 0.3) is 0 Å². The maximum Gasteiger partial charge on any atom is 0.231 e. The van der Waals surface area contributed by atoms with Crippen molar-refractivity contribution in [3.8, 4) is 17.2 Å². The smallest absolute Gasteiger partial charge is 0.231 e. The molecule has 102 valence electrons.